The second-order valence-corrected chi connectivity index (χ2v) is 8.87. The lowest BCUT2D eigenvalue weighted by molar-refractivity contribution is -0.153. The molecular weight excluding hydrogens is 330 g/mol. The van der Waals surface area contributed by atoms with Gasteiger partial charge < -0.3 is 10.1 Å². The number of carbonyl (C=O) groups excluding carboxylic acids is 1. The van der Waals surface area contributed by atoms with Gasteiger partial charge in [0.15, 0.2) is 0 Å². The number of carbonyl (C=O) groups is 1. The predicted molar refractivity (Wildman–Crippen MR) is 92.7 cm³/mol. The Hall–Kier alpha value is -1.10. The topological polar surface area (TPSA) is 81.7 Å². The molecule has 7 heteroatoms. The molecule has 1 rings (SSSR count). The molecule has 0 saturated heterocycles. The molecule has 0 unspecified atom stereocenters. The minimum atomic E-state index is -3.41. The van der Waals surface area contributed by atoms with E-state index >= 15 is 0 Å². The van der Waals surface area contributed by atoms with Gasteiger partial charge in [-0.2, -0.15) is 8.42 Å². The molecule has 1 saturated carbocycles. The fraction of sp³-hybridized carbons (Fsp3) is 0.824. The van der Waals surface area contributed by atoms with Crippen molar-refractivity contribution in [1.82, 2.24) is 5.32 Å². The zero-order valence-electron chi connectivity index (χ0n) is 15.1. The van der Waals surface area contributed by atoms with Gasteiger partial charge in [0, 0.05) is 5.92 Å². The van der Waals surface area contributed by atoms with Crippen LogP contribution in [0.25, 0.3) is 0 Å². The van der Waals surface area contributed by atoms with Crippen molar-refractivity contribution >= 4 is 16.1 Å². The van der Waals surface area contributed by atoms with Crippen molar-refractivity contribution in [1.29, 1.82) is 0 Å². The van der Waals surface area contributed by atoms with E-state index in [0.29, 0.717) is 11.8 Å². The number of hydrogen-bond acceptors (Lipinski definition) is 6. The summed E-state index contributed by atoms with van der Waals surface area (Å²) in [6, 6.07) is 0. The highest BCUT2D eigenvalue weighted by atomic mass is 32.2. The molecule has 6 nitrogen and oxygen atoms in total. The van der Waals surface area contributed by atoms with Crippen molar-refractivity contribution in [2.24, 2.45) is 11.8 Å². The van der Waals surface area contributed by atoms with Crippen LogP contribution in [0.4, 0.5) is 0 Å². The van der Waals surface area contributed by atoms with E-state index in [9.17, 15) is 13.2 Å². The third-order valence-electron chi connectivity index (χ3n) is 3.62. The summed E-state index contributed by atoms with van der Waals surface area (Å²) in [6.45, 7) is 6.53. The average Bonchev–Trinajstić information content (AvgIpc) is 2.42. The summed E-state index contributed by atoms with van der Waals surface area (Å²) in [7, 11) is -3.41. The Morgan fingerprint density at radius 1 is 1.21 bits per heavy atom. The number of esters is 1. The summed E-state index contributed by atoms with van der Waals surface area (Å²) in [5, 5.41) is 3.16. The van der Waals surface area contributed by atoms with E-state index in [1.54, 1.807) is 0 Å². The van der Waals surface area contributed by atoms with Crippen molar-refractivity contribution in [3.63, 3.8) is 0 Å². The van der Waals surface area contributed by atoms with Gasteiger partial charge in [0.2, 0.25) is 0 Å². The first-order valence-corrected chi connectivity index (χ1v) is 10.1. The highest BCUT2D eigenvalue weighted by molar-refractivity contribution is 7.86. The quantitative estimate of drug-likeness (QED) is 0.442. The molecule has 24 heavy (non-hydrogen) atoms. The molecule has 0 aliphatic heterocycles. The lowest BCUT2D eigenvalue weighted by Gasteiger charge is -2.26. The molecular formula is C17H29NO5S. The van der Waals surface area contributed by atoms with Gasteiger partial charge in [-0.25, -0.2) is 0 Å². The first-order valence-electron chi connectivity index (χ1n) is 8.30. The lowest BCUT2D eigenvalue weighted by atomic mass is 9.82. The fourth-order valence-electron chi connectivity index (χ4n) is 2.59. The van der Waals surface area contributed by atoms with Gasteiger partial charge in [-0.3, -0.25) is 8.98 Å². The van der Waals surface area contributed by atoms with Crippen LogP contribution in [0.15, 0.2) is 0 Å². The second-order valence-electron chi connectivity index (χ2n) is 7.22. The van der Waals surface area contributed by atoms with Crippen LogP contribution in [-0.2, 0) is 23.8 Å². The van der Waals surface area contributed by atoms with Crippen molar-refractivity contribution in [2.75, 3.05) is 26.0 Å². The molecule has 0 bridgehead atoms. The third-order valence-corrected chi connectivity index (χ3v) is 4.17. The third kappa shape index (κ3) is 10.6. The SMILES string of the molecule is CC(C)(C)OC(=O)CNC[C@H]1CC[C@H](C#CCOS(C)(=O)=O)CC1. The zero-order valence-corrected chi connectivity index (χ0v) is 15.9. The van der Waals surface area contributed by atoms with Gasteiger partial charge in [-0.05, 0) is 58.9 Å². The van der Waals surface area contributed by atoms with Gasteiger partial charge in [0.1, 0.15) is 12.2 Å². The number of nitrogens with one attached hydrogen (secondary N) is 1. The minimum absolute atomic E-state index is 0.0732. The summed E-state index contributed by atoms with van der Waals surface area (Å²) in [5.74, 6) is 6.47. The molecule has 0 heterocycles. The Labute approximate surface area is 145 Å². The number of hydrogen-bond donors (Lipinski definition) is 1. The van der Waals surface area contributed by atoms with E-state index < -0.39 is 15.7 Å². The van der Waals surface area contributed by atoms with Crippen LogP contribution in [0.2, 0.25) is 0 Å². The second kappa shape index (κ2) is 9.40. The molecule has 1 aliphatic rings. The Morgan fingerprint density at radius 2 is 1.83 bits per heavy atom. The van der Waals surface area contributed by atoms with Crippen molar-refractivity contribution in [3.8, 4) is 11.8 Å². The number of rotatable bonds is 6. The van der Waals surface area contributed by atoms with E-state index in [2.05, 4.69) is 21.3 Å². The summed E-state index contributed by atoms with van der Waals surface area (Å²) >= 11 is 0. The normalized spacial score (nSPS) is 21.7. The monoisotopic (exact) mass is 359 g/mol. The average molecular weight is 359 g/mol. The first-order chi connectivity index (χ1) is 11.1. The maximum Gasteiger partial charge on any atom is 0.320 e. The van der Waals surface area contributed by atoms with E-state index in [0.717, 1.165) is 38.5 Å². The summed E-state index contributed by atoms with van der Waals surface area (Å²) in [5.41, 5.74) is -0.448. The molecule has 0 radical (unpaired) electrons. The fourth-order valence-corrected chi connectivity index (χ4v) is 2.86. The van der Waals surface area contributed by atoms with Crippen molar-refractivity contribution < 1.29 is 22.1 Å². The molecule has 1 aliphatic carbocycles. The van der Waals surface area contributed by atoms with E-state index in [4.69, 9.17) is 4.74 Å². The van der Waals surface area contributed by atoms with Crippen LogP contribution in [0.3, 0.4) is 0 Å². The Bertz CT molecular complexity index is 560. The maximum absolute atomic E-state index is 11.6. The Morgan fingerprint density at radius 3 is 2.38 bits per heavy atom. The molecule has 1 fully saturated rings. The predicted octanol–water partition coefficient (Wildman–Crippen LogP) is 1.70. The van der Waals surface area contributed by atoms with Crippen molar-refractivity contribution in [3.05, 3.63) is 0 Å². The number of ether oxygens (including phenoxy) is 1. The van der Waals surface area contributed by atoms with Crippen LogP contribution in [0.1, 0.15) is 46.5 Å². The molecule has 0 atom stereocenters. The first kappa shape index (κ1) is 20.9. The lowest BCUT2D eigenvalue weighted by Crippen LogP contribution is -2.34. The Balaban J connectivity index is 2.18. The van der Waals surface area contributed by atoms with E-state index in [1.165, 1.54) is 0 Å². The summed E-state index contributed by atoms with van der Waals surface area (Å²) in [4.78, 5) is 11.6. The highest BCUT2D eigenvalue weighted by Crippen LogP contribution is 2.27. The van der Waals surface area contributed by atoms with Gasteiger partial charge in [0.25, 0.3) is 10.1 Å². The van der Waals surface area contributed by atoms with E-state index in [-0.39, 0.29) is 19.1 Å². The Kier molecular flexibility index (Phi) is 8.20. The molecule has 138 valence electrons. The van der Waals surface area contributed by atoms with Gasteiger partial charge >= 0.3 is 5.97 Å². The van der Waals surface area contributed by atoms with Crippen LogP contribution in [0.5, 0.6) is 0 Å². The molecule has 1 N–H and O–H groups in total. The smallest absolute Gasteiger partial charge is 0.320 e. The van der Waals surface area contributed by atoms with Crippen molar-refractivity contribution in [2.45, 2.75) is 52.1 Å². The molecule has 0 aromatic carbocycles. The van der Waals surface area contributed by atoms with Crippen LogP contribution >= 0.6 is 0 Å². The van der Waals surface area contributed by atoms with E-state index in [1.807, 2.05) is 20.8 Å². The minimum Gasteiger partial charge on any atom is -0.459 e. The van der Waals surface area contributed by atoms with Crippen LogP contribution < -0.4 is 5.32 Å². The van der Waals surface area contributed by atoms with Gasteiger partial charge in [-0.15, -0.1) is 0 Å². The largest absolute Gasteiger partial charge is 0.459 e. The summed E-state index contributed by atoms with van der Waals surface area (Å²) in [6.07, 6.45) is 5.10. The highest BCUT2D eigenvalue weighted by Gasteiger charge is 2.20. The molecule has 0 aromatic heterocycles. The standard InChI is InChI=1S/C17H29NO5S/c1-17(2,3)23-16(19)13-18-12-15-9-7-14(8-10-15)6-5-11-22-24(4,20)21/h14-15,18H,7-13H2,1-4H3/t14-,15-. The van der Waals surface area contributed by atoms with Gasteiger partial charge in [0.05, 0.1) is 12.8 Å². The molecule has 0 spiro atoms. The van der Waals surface area contributed by atoms with Crippen LogP contribution in [-0.4, -0.2) is 45.9 Å². The molecule has 0 amide bonds. The summed E-state index contributed by atoms with van der Waals surface area (Å²) < 4.78 is 31.5. The zero-order chi connectivity index (χ0) is 18.2. The molecule has 0 aromatic rings. The van der Waals surface area contributed by atoms with Gasteiger partial charge in [-0.1, -0.05) is 11.8 Å². The maximum atomic E-state index is 11.6. The van der Waals surface area contributed by atoms with Crippen LogP contribution in [0, 0.1) is 23.7 Å².